The quantitative estimate of drug-likeness (QED) is 0.377. The van der Waals surface area contributed by atoms with E-state index in [1.54, 1.807) is 18.6 Å². The van der Waals surface area contributed by atoms with Crippen LogP contribution in [0.2, 0.25) is 0 Å². The van der Waals surface area contributed by atoms with Gasteiger partial charge in [-0.1, -0.05) is 5.16 Å². The van der Waals surface area contributed by atoms with E-state index in [9.17, 15) is 0 Å². The number of aromatic amines is 1. The first kappa shape index (κ1) is 6.84. The van der Waals surface area contributed by atoms with Gasteiger partial charge in [0.2, 0.25) is 0 Å². The Labute approximate surface area is 68.6 Å². The Hall–Kier alpha value is -1.84. The number of hydrogen-bond donors (Lipinski definition) is 2. The van der Waals surface area contributed by atoms with Gasteiger partial charge < -0.3 is 10.2 Å². The van der Waals surface area contributed by atoms with Crippen LogP contribution in [0.3, 0.4) is 0 Å². The number of fused-ring (bicyclic) bond motifs is 1. The van der Waals surface area contributed by atoms with Crippen molar-refractivity contribution >= 4 is 17.1 Å². The van der Waals surface area contributed by atoms with Gasteiger partial charge in [0.05, 0.1) is 17.9 Å². The van der Waals surface area contributed by atoms with Gasteiger partial charge in [-0.3, -0.25) is 4.98 Å². The zero-order valence-corrected chi connectivity index (χ0v) is 6.23. The number of hydrogen-bond acceptors (Lipinski definition) is 3. The summed E-state index contributed by atoms with van der Waals surface area (Å²) in [5, 5.41) is 12.3. The van der Waals surface area contributed by atoms with E-state index < -0.39 is 0 Å². The molecule has 4 nitrogen and oxygen atoms in total. The van der Waals surface area contributed by atoms with Gasteiger partial charge in [0, 0.05) is 23.3 Å². The number of aromatic nitrogens is 2. The van der Waals surface area contributed by atoms with Crippen LogP contribution in [-0.2, 0) is 0 Å². The Bertz CT molecular complexity index is 419. The molecule has 0 spiro atoms. The Kier molecular flexibility index (Phi) is 1.51. The standard InChI is InChI=1S/C8H7N3O/c12-11-4-6-3-10-8-5-9-2-1-7(6)8/h1-5,10,12H/b11-4+. The van der Waals surface area contributed by atoms with Gasteiger partial charge in [0.15, 0.2) is 0 Å². The molecule has 0 fully saturated rings. The molecule has 0 bridgehead atoms. The smallest absolute Gasteiger partial charge is 0.0755 e. The Morgan fingerprint density at radius 2 is 2.50 bits per heavy atom. The van der Waals surface area contributed by atoms with Crippen molar-refractivity contribution in [1.82, 2.24) is 9.97 Å². The van der Waals surface area contributed by atoms with E-state index in [0.717, 1.165) is 16.5 Å². The molecule has 2 N–H and O–H groups in total. The lowest BCUT2D eigenvalue weighted by Gasteiger charge is -1.87. The lowest BCUT2D eigenvalue weighted by molar-refractivity contribution is 0.322. The van der Waals surface area contributed by atoms with Crippen molar-refractivity contribution in [2.24, 2.45) is 5.16 Å². The number of rotatable bonds is 1. The van der Waals surface area contributed by atoms with Crippen LogP contribution in [0.1, 0.15) is 5.56 Å². The van der Waals surface area contributed by atoms with Gasteiger partial charge in [-0.25, -0.2) is 0 Å². The fraction of sp³-hybridized carbons (Fsp3) is 0. The van der Waals surface area contributed by atoms with Gasteiger partial charge in [-0.2, -0.15) is 0 Å². The molecule has 0 atom stereocenters. The van der Waals surface area contributed by atoms with Crippen LogP contribution < -0.4 is 0 Å². The SMILES string of the molecule is O/N=C/c1c[nH]c2cnccc12. The fourth-order valence-corrected chi connectivity index (χ4v) is 1.16. The number of nitrogens with zero attached hydrogens (tertiary/aromatic N) is 2. The highest BCUT2D eigenvalue weighted by Gasteiger charge is 1.99. The summed E-state index contributed by atoms with van der Waals surface area (Å²) in [6.07, 6.45) is 6.58. The summed E-state index contributed by atoms with van der Waals surface area (Å²) >= 11 is 0. The topological polar surface area (TPSA) is 61.3 Å². The molecular formula is C8H7N3O. The predicted octanol–water partition coefficient (Wildman–Crippen LogP) is 1.37. The molecule has 2 heterocycles. The number of H-pyrrole nitrogens is 1. The highest BCUT2D eigenvalue weighted by molar-refractivity contribution is 5.98. The summed E-state index contributed by atoms with van der Waals surface area (Å²) in [5.74, 6) is 0. The molecule has 12 heavy (non-hydrogen) atoms. The molecule has 0 saturated heterocycles. The minimum Gasteiger partial charge on any atom is -0.411 e. The molecule has 0 aliphatic carbocycles. The summed E-state index contributed by atoms with van der Waals surface area (Å²) in [4.78, 5) is 6.96. The van der Waals surface area contributed by atoms with Gasteiger partial charge in [0.25, 0.3) is 0 Å². The average molecular weight is 161 g/mol. The zero-order valence-electron chi connectivity index (χ0n) is 6.23. The Morgan fingerprint density at radius 3 is 3.33 bits per heavy atom. The fourth-order valence-electron chi connectivity index (χ4n) is 1.16. The van der Waals surface area contributed by atoms with Gasteiger partial charge in [0.1, 0.15) is 0 Å². The second-order valence-electron chi connectivity index (χ2n) is 2.41. The highest BCUT2D eigenvalue weighted by atomic mass is 16.4. The van der Waals surface area contributed by atoms with E-state index in [1.165, 1.54) is 6.21 Å². The summed E-state index contributed by atoms with van der Waals surface area (Å²) in [6, 6.07) is 1.86. The number of nitrogens with one attached hydrogen (secondary N) is 1. The first-order valence-corrected chi connectivity index (χ1v) is 3.50. The third-order valence-corrected chi connectivity index (χ3v) is 1.71. The van der Waals surface area contributed by atoms with Crippen molar-refractivity contribution in [3.63, 3.8) is 0 Å². The molecule has 0 aliphatic heterocycles. The van der Waals surface area contributed by atoms with Crippen molar-refractivity contribution in [2.45, 2.75) is 0 Å². The van der Waals surface area contributed by atoms with Crippen molar-refractivity contribution in [3.8, 4) is 0 Å². The predicted molar refractivity (Wildman–Crippen MR) is 45.5 cm³/mol. The molecule has 2 aromatic rings. The van der Waals surface area contributed by atoms with Crippen LogP contribution in [0.4, 0.5) is 0 Å². The van der Waals surface area contributed by atoms with Gasteiger partial charge in [-0.15, -0.1) is 0 Å². The molecule has 2 aromatic heterocycles. The second kappa shape index (κ2) is 2.65. The minimum atomic E-state index is 0.856. The summed E-state index contributed by atoms with van der Waals surface area (Å²) < 4.78 is 0. The van der Waals surface area contributed by atoms with Crippen LogP contribution in [0.5, 0.6) is 0 Å². The van der Waals surface area contributed by atoms with E-state index in [0.29, 0.717) is 0 Å². The van der Waals surface area contributed by atoms with E-state index >= 15 is 0 Å². The second-order valence-corrected chi connectivity index (χ2v) is 2.41. The molecule has 0 aromatic carbocycles. The average Bonchev–Trinajstić information content (AvgIpc) is 2.50. The Morgan fingerprint density at radius 1 is 1.58 bits per heavy atom. The first-order chi connectivity index (χ1) is 5.92. The van der Waals surface area contributed by atoms with E-state index in [2.05, 4.69) is 15.1 Å². The molecule has 0 radical (unpaired) electrons. The van der Waals surface area contributed by atoms with Crippen LogP contribution in [-0.4, -0.2) is 21.4 Å². The van der Waals surface area contributed by atoms with Crippen LogP contribution in [0, 0.1) is 0 Å². The van der Waals surface area contributed by atoms with Gasteiger partial charge in [-0.05, 0) is 6.07 Å². The molecule has 0 aliphatic rings. The lowest BCUT2D eigenvalue weighted by atomic mass is 10.2. The van der Waals surface area contributed by atoms with E-state index in [-0.39, 0.29) is 0 Å². The third-order valence-electron chi connectivity index (χ3n) is 1.71. The summed E-state index contributed by atoms with van der Waals surface area (Å²) in [5.41, 5.74) is 1.79. The molecule has 2 rings (SSSR count). The molecule has 60 valence electrons. The Balaban J connectivity index is 2.70. The monoisotopic (exact) mass is 161 g/mol. The van der Waals surface area contributed by atoms with Crippen molar-refractivity contribution in [3.05, 3.63) is 30.2 Å². The third kappa shape index (κ3) is 0.934. The van der Waals surface area contributed by atoms with E-state index in [1.807, 2.05) is 6.07 Å². The van der Waals surface area contributed by atoms with Crippen LogP contribution >= 0.6 is 0 Å². The maximum Gasteiger partial charge on any atom is 0.0755 e. The van der Waals surface area contributed by atoms with E-state index in [4.69, 9.17) is 5.21 Å². The number of oxime groups is 1. The maximum atomic E-state index is 8.34. The summed E-state index contributed by atoms with van der Waals surface area (Å²) in [7, 11) is 0. The van der Waals surface area contributed by atoms with Crippen molar-refractivity contribution in [2.75, 3.05) is 0 Å². The molecule has 0 unspecified atom stereocenters. The molecule has 4 heteroatoms. The van der Waals surface area contributed by atoms with Crippen LogP contribution in [0.25, 0.3) is 10.9 Å². The maximum absolute atomic E-state index is 8.34. The van der Waals surface area contributed by atoms with Crippen molar-refractivity contribution in [1.29, 1.82) is 0 Å². The lowest BCUT2D eigenvalue weighted by Crippen LogP contribution is -1.76. The zero-order chi connectivity index (χ0) is 8.39. The minimum absolute atomic E-state index is 0.856. The van der Waals surface area contributed by atoms with Gasteiger partial charge >= 0.3 is 0 Å². The number of pyridine rings is 1. The van der Waals surface area contributed by atoms with Crippen LogP contribution in [0.15, 0.2) is 29.8 Å². The highest BCUT2D eigenvalue weighted by Crippen LogP contribution is 2.14. The summed E-state index contributed by atoms with van der Waals surface area (Å²) in [6.45, 7) is 0. The first-order valence-electron chi connectivity index (χ1n) is 3.50. The van der Waals surface area contributed by atoms with Crippen molar-refractivity contribution < 1.29 is 5.21 Å². The normalized spacial score (nSPS) is 11.3. The largest absolute Gasteiger partial charge is 0.411 e. The molecule has 0 amide bonds. The molecular weight excluding hydrogens is 154 g/mol. The molecule has 0 saturated carbocycles.